The topological polar surface area (TPSA) is 57.7 Å². The van der Waals surface area contributed by atoms with Gasteiger partial charge in [-0.15, -0.1) is 0 Å². The number of barbiturate groups is 1. The smallest absolute Gasteiger partial charge is 0.268 e. The molecule has 1 aromatic carbocycles. The van der Waals surface area contributed by atoms with Crippen molar-refractivity contribution in [3.05, 3.63) is 52.6 Å². The quantitative estimate of drug-likeness (QED) is 0.629. The molecule has 0 radical (unpaired) electrons. The summed E-state index contributed by atoms with van der Waals surface area (Å²) in [5, 5.41) is 0.601. The predicted molar refractivity (Wildman–Crippen MR) is 88.7 cm³/mol. The summed E-state index contributed by atoms with van der Waals surface area (Å²) in [6.45, 7) is 3.82. The zero-order valence-electron chi connectivity index (χ0n) is 13.0. The Morgan fingerprint density at radius 3 is 2.17 bits per heavy atom. The summed E-state index contributed by atoms with van der Waals surface area (Å²) in [7, 11) is 0. The molecule has 1 heterocycles. The summed E-state index contributed by atoms with van der Waals surface area (Å²) in [6.07, 6.45) is 4.78. The van der Waals surface area contributed by atoms with Gasteiger partial charge in [0, 0.05) is 18.1 Å². The van der Waals surface area contributed by atoms with Crippen molar-refractivity contribution in [2.24, 2.45) is 0 Å². The summed E-state index contributed by atoms with van der Waals surface area (Å²) in [6, 6.07) is 6.62. The molecule has 23 heavy (non-hydrogen) atoms. The highest BCUT2D eigenvalue weighted by atomic mass is 35.5. The Bertz CT molecular complexity index is 682. The maximum atomic E-state index is 12.3. The van der Waals surface area contributed by atoms with E-state index in [2.05, 4.69) is 0 Å². The summed E-state index contributed by atoms with van der Waals surface area (Å²) >= 11 is 5.90. The SMILES string of the molecule is CCN1C(=O)C(=C/C=C/c2cccc(Cl)c2)C(=O)N(CC)C1=O. The highest BCUT2D eigenvalue weighted by Crippen LogP contribution is 2.18. The normalized spacial score (nSPS) is 15.8. The van der Waals surface area contributed by atoms with E-state index < -0.39 is 17.8 Å². The van der Waals surface area contributed by atoms with E-state index in [0.717, 1.165) is 15.4 Å². The summed E-state index contributed by atoms with van der Waals surface area (Å²) in [4.78, 5) is 38.7. The molecule has 1 fully saturated rings. The number of rotatable bonds is 4. The number of amides is 4. The molecule has 4 amide bonds. The van der Waals surface area contributed by atoms with Gasteiger partial charge in [0.2, 0.25) is 0 Å². The number of urea groups is 1. The van der Waals surface area contributed by atoms with Gasteiger partial charge in [-0.25, -0.2) is 4.79 Å². The molecule has 0 atom stereocenters. The van der Waals surface area contributed by atoms with Crippen LogP contribution in [0.2, 0.25) is 5.02 Å². The average molecular weight is 333 g/mol. The second kappa shape index (κ2) is 7.24. The van der Waals surface area contributed by atoms with Gasteiger partial charge >= 0.3 is 6.03 Å². The molecule has 0 spiro atoms. The van der Waals surface area contributed by atoms with E-state index in [4.69, 9.17) is 11.6 Å². The van der Waals surface area contributed by atoms with Gasteiger partial charge in [0.15, 0.2) is 0 Å². The van der Waals surface area contributed by atoms with Crippen LogP contribution in [0.4, 0.5) is 4.79 Å². The Hall–Kier alpha value is -2.40. The van der Waals surface area contributed by atoms with Gasteiger partial charge < -0.3 is 0 Å². The van der Waals surface area contributed by atoms with Crippen LogP contribution in [0.5, 0.6) is 0 Å². The fourth-order valence-electron chi connectivity index (χ4n) is 2.27. The Morgan fingerprint density at radius 2 is 1.65 bits per heavy atom. The lowest BCUT2D eigenvalue weighted by atomic mass is 10.1. The van der Waals surface area contributed by atoms with Gasteiger partial charge in [-0.05, 0) is 37.6 Å². The molecule has 1 saturated heterocycles. The molecule has 1 aromatic rings. The van der Waals surface area contributed by atoms with E-state index in [1.807, 2.05) is 12.1 Å². The zero-order valence-corrected chi connectivity index (χ0v) is 13.7. The van der Waals surface area contributed by atoms with E-state index in [9.17, 15) is 14.4 Å². The first-order chi connectivity index (χ1) is 11.0. The molecule has 0 N–H and O–H groups in total. The Morgan fingerprint density at radius 1 is 1.04 bits per heavy atom. The number of nitrogens with zero attached hydrogens (tertiary/aromatic N) is 2. The molecule has 1 aliphatic heterocycles. The van der Waals surface area contributed by atoms with Crippen LogP contribution in [-0.4, -0.2) is 40.7 Å². The fraction of sp³-hybridized carbons (Fsp3) is 0.235. The van der Waals surface area contributed by atoms with Crippen LogP contribution >= 0.6 is 11.6 Å². The number of hydrogen-bond donors (Lipinski definition) is 0. The van der Waals surface area contributed by atoms with E-state index in [1.54, 1.807) is 38.1 Å². The lowest BCUT2D eigenvalue weighted by Gasteiger charge is -2.32. The number of likely N-dealkylation sites (N-methyl/N-ethyl adjacent to an activating group) is 2. The molecule has 0 bridgehead atoms. The van der Waals surface area contributed by atoms with Gasteiger partial charge in [-0.2, -0.15) is 0 Å². The van der Waals surface area contributed by atoms with E-state index in [0.29, 0.717) is 5.02 Å². The van der Waals surface area contributed by atoms with Gasteiger partial charge in [0.1, 0.15) is 5.57 Å². The third-order valence-electron chi connectivity index (χ3n) is 3.45. The number of allylic oxidation sites excluding steroid dienone is 2. The second-order valence-electron chi connectivity index (χ2n) is 4.88. The minimum absolute atomic E-state index is 0.0217. The van der Waals surface area contributed by atoms with Crippen molar-refractivity contribution in [2.45, 2.75) is 13.8 Å². The standard InChI is InChI=1S/C17H17ClN2O3/c1-3-19-15(21)14(16(22)20(4-2)17(19)23)10-6-8-12-7-5-9-13(18)11-12/h5-11H,3-4H2,1-2H3/b8-6+. The van der Waals surface area contributed by atoms with E-state index in [1.165, 1.54) is 6.08 Å². The van der Waals surface area contributed by atoms with Crippen molar-refractivity contribution in [3.8, 4) is 0 Å². The van der Waals surface area contributed by atoms with Crippen LogP contribution in [0.15, 0.2) is 42.0 Å². The van der Waals surface area contributed by atoms with Crippen molar-refractivity contribution < 1.29 is 14.4 Å². The van der Waals surface area contributed by atoms with Crippen molar-refractivity contribution in [1.29, 1.82) is 0 Å². The number of benzene rings is 1. The van der Waals surface area contributed by atoms with Gasteiger partial charge in [-0.3, -0.25) is 19.4 Å². The number of carbonyl (C=O) groups excluding carboxylic acids is 3. The molecule has 0 unspecified atom stereocenters. The first-order valence-corrected chi connectivity index (χ1v) is 7.69. The molecular weight excluding hydrogens is 316 g/mol. The maximum absolute atomic E-state index is 12.3. The number of carbonyl (C=O) groups is 3. The van der Waals surface area contributed by atoms with Crippen LogP contribution in [-0.2, 0) is 9.59 Å². The van der Waals surface area contributed by atoms with Gasteiger partial charge in [-0.1, -0.05) is 35.9 Å². The monoisotopic (exact) mass is 332 g/mol. The second-order valence-corrected chi connectivity index (χ2v) is 5.31. The average Bonchev–Trinajstić information content (AvgIpc) is 2.51. The summed E-state index contributed by atoms with van der Waals surface area (Å²) in [5.41, 5.74) is 0.826. The number of imide groups is 2. The van der Waals surface area contributed by atoms with E-state index in [-0.39, 0.29) is 18.7 Å². The lowest BCUT2D eigenvalue weighted by Crippen LogP contribution is -2.56. The summed E-state index contributed by atoms with van der Waals surface area (Å²) < 4.78 is 0. The summed E-state index contributed by atoms with van der Waals surface area (Å²) in [5.74, 6) is -1.13. The lowest BCUT2D eigenvalue weighted by molar-refractivity contribution is -0.135. The zero-order chi connectivity index (χ0) is 17.0. The fourth-order valence-corrected chi connectivity index (χ4v) is 2.47. The molecule has 0 aliphatic carbocycles. The molecule has 6 heteroatoms. The molecule has 5 nitrogen and oxygen atoms in total. The highest BCUT2D eigenvalue weighted by molar-refractivity contribution is 6.30. The van der Waals surface area contributed by atoms with Crippen LogP contribution in [0, 0.1) is 0 Å². The maximum Gasteiger partial charge on any atom is 0.333 e. The predicted octanol–water partition coefficient (Wildman–Crippen LogP) is 3.11. The molecule has 120 valence electrons. The van der Waals surface area contributed by atoms with Gasteiger partial charge in [0.05, 0.1) is 0 Å². The van der Waals surface area contributed by atoms with Crippen molar-refractivity contribution in [1.82, 2.24) is 9.80 Å². The Labute approximate surface area is 139 Å². The highest BCUT2D eigenvalue weighted by Gasteiger charge is 2.39. The number of halogens is 1. The van der Waals surface area contributed by atoms with Gasteiger partial charge in [0.25, 0.3) is 11.8 Å². The third kappa shape index (κ3) is 3.51. The van der Waals surface area contributed by atoms with Crippen LogP contribution < -0.4 is 0 Å². The largest absolute Gasteiger partial charge is 0.333 e. The van der Waals surface area contributed by atoms with E-state index >= 15 is 0 Å². The van der Waals surface area contributed by atoms with Crippen molar-refractivity contribution in [2.75, 3.05) is 13.1 Å². The Balaban J connectivity index is 2.30. The first-order valence-electron chi connectivity index (χ1n) is 7.31. The molecule has 0 aromatic heterocycles. The minimum Gasteiger partial charge on any atom is -0.268 e. The third-order valence-corrected chi connectivity index (χ3v) is 3.68. The molecular formula is C17H17ClN2O3. The van der Waals surface area contributed by atoms with Crippen LogP contribution in [0.25, 0.3) is 6.08 Å². The molecule has 1 aliphatic rings. The molecule has 0 saturated carbocycles. The van der Waals surface area contributed by atoms with Crippen LogP contribution in [0.1, 0.15) is 19.4 Å². The Kier molecular flexibility index (Phi) is 5.34. The van der Waals surface area contributed by atoms with Crippen molar-refractivity contribution in [3.63, 3.8) is 0 Å². The van der Waals surface area contributed by atoms with Crippen LogP contribution in [0.3, 0.4) is 0 Å². The molecule has 2 rings (SSSR count). The minimum atomic E-state index is -0.569. The first kappa shape index (κ1) is 17.0. The van der Waals surface area contributed by atoms with Crippen molar-refractivity contribution >= 4 is 35.5 Å². The number of hydrogen-bond acceptors (Lipinski definition) is 3.